The third-order valence-electron chi connectivity index (χ3n) is 3.62. The largest absolute Gasteiger partial charge is 0.273 e. The van der Waals surface area contributed by atoms with Gasteiger partial charge >= 0.3 is 0 Å². The van der Waals surface area contributed by atoms with Crippen LogP contribution >= 0.6 is 0 Å². The highest BCUT2D eigenvalue weighted by atomic mass is 32.2. The van der Waals surface area contributed by atoms with E-state index in [1.165, 1.54) is 38.4 Å². The molecule has 2 amide bonds. The first-order valence-electron chi connectivity index (χ1n) is 6.86. The number of rotatable bonds is 4. The van der Waals surface area contributed by atoms with Gasteiger partial charge in [-0.3, -0.25) is 20.4 Å². The van der Waals surface area contributed by atoms with Crippen molar-refractivity contribution in [1.29, 1.82) is 0 Å². The second kappa shape index (κ2) is 6.05. The Kier molecular flexibility index (Phi) is 4.52. The molecule has 0 saturated heterocycles. The summed E-state index contributed by atoms with van der Waals surface area (Å²) in [5, 5.41) is 0. The second-order valence-electron chi connectivity index (χ2n) is 5.58. The molecule has 1 fully saturated rings. The summed E-state index contributed by atoms with van der Waals surface area (Å²) in [5.74, 6) is -0.499. The van der Waals surface area contributed by atoms with Gasteiger partial charge in [0.25, 0.3) is 5.91 Å². The lowest BCUT2D eigenvalue weighted by Gasteiger charge is -2.12. The Morgan fingerprint density at radius 3 is 2.41 bits per heavy atom. The average Bonchev–Trinajstić information content (AvgIpc) is 3.21. The van der Waals surface area contributed by atoms with Crippen LogP contribution in [0.3, 0.4) is 0 Å². The van der Waals surface area contributed by atoms with Crippen LogP contribution in [-0.2, 0) is 14.8 Å². The highest BCUT2D eigenvalue weighted by molar-refractivity contribution is 7.89. The molecule has 0 radical (unpaired) electrons. The van der Waals surface area contributed by atoms with Gasteiger partial charge in [-0.15, -0.1) is 0 Å². The van der Waals surface area contributed by atoms with Crippen LogP contribution in [-0.4, -0.2) is 38.6 Å². The fraction of sp³-hybridized carbons (Fsp3) is 0.429. The number of carbonyl (C=O) groups excluding carboxylic acids is 2. The molecule has 2 atom stereocenters. The van der Waals surface area contributed by atoms with Gasteiger partial charge in [0.15, 0.2) is 0 Å². The van der Waals surface area contributed by atoms with Crippen LogP contribution in [0.15, 0.2) is 29.2 Å². The summed E-state index contributed by atoms with van der Waals surface area (Å²) in [6, 6.07) is 5.65. The van der Waals surface area contributed by atoms with Crippen molar-refractivity contribution in [3.8, 4) is 0 Å². The van der Waals surface area contributed by atoms with Gasteiger partial charge in [0.05, 0.1) is 4.90 Å². The molecule has 0 spiro atoms. The predicted octanol–water partition coefficient (Wildman–Crippen LogP) is 0.354. The van der Waals surface area contributed by atoms with Crippen LogP contribution in [0.4, 0.5) is 0 Å². The molecular weight excluding hydrogens is 306 g/mol. The molecule has 7 nitrogen and oxygen atoms in total. The van der Waals surface area contributed by atoms with Crippen LogP contribution in [0.2, 0.25) is 0 Å². The summed E-state index contributed by atoms with van der Waals surface area (Å²) in [6.45, 7) is 1.96. The summed E-state index contributed by atoms with van der Waals surface area (Å²) >= 11 is 0. The Morgan fingerprint density at radius 1 is 1.23 bits per heavy atom. The van der Waals surface area contributed by atoms with E-state index in [1.807, 2.05) is 6.92 Å². The van der Waals surface area contributed by atoms with E-state index in [4.69, 9.17) is 0 Å². The number of hydrazine groups is 1. The molecule has 22 heavy (non-hydrogen) atoms. The fourth-order valence-electron chi connectivity index (χ4n) is 1.98. The summed E-state index contributed by atoms with van der Waals surface area (Å²) in [4.78, 5) is 23.6. The normalized spacial score (nSPS) is 20.5. The smallest absolute Gasteiger partial charge is 0.269 e. The number of hydrogen-bond acceptors (Lipinski definition) is 4. The van der Waals surface area contributed by atoms with Gasteiger partial charge in [-0.25, -0.2) is 12.7 Å². The first-order chi connectivity index (χ1) is 10.2. The molecule has 0 aromatic heterocycles. The van der Waals surface area contributed by atoms with Crippen molar-refractivity contribution in [2.75, 3.05) is 14.1 Å². The monoisotopic (exact) mass is 325 g/mol. The van der Waals surface area contributed by atoms with Gasteiger partial charge < -0.3 is 0 Å². The minimum Gasteiger partial charge on any atom is -0.273 e. The van der Waals surface area contributed by atoms with Crippen molar-refractivity contribution in [2.45, 2.75) is 18.2 Å². The molecule has 2 rings (SSSR count). The van der Waals surface area contributed by atoms with E-state index in [0.29, 0.717) is 5.92 Å². The maximum atomic E-state index is 12.0. The number of amides is 2. The van der Waals surface area contributed by atoms with Crippen molar-refractivity contribution in [3.63, 3.8) is 0 Å². The lowest BCUT2D eigenvalue weighted by molar-refractivity contribution is -0.123. The van der Waals surface area contributed by atoms with Crippen molar-refractivity contribution in [1.82, 2.24) is 15.2 Å². The SMILES string of the molecule is C[C@@H]1C[C@H]1C(=O)NNC(=O)c1cccc(S(=O)(=O)N(C)C)c1. The number of benzene rings is 1. The van der Waals surface area contributed by atoms with Crippen molar-refractivity contribution >= 4 is 21.8 Å². The van der Waals surface area contributed by atoms with Crippen LogP contribution < -0.4 is 10.9 Å². The zero-order valence-corrected chi connectivity index (χ0v) is 13.5. The van der Waals surface area contributed by atoms with E-state index in [-0.39, 0.29) is 22.3 Å². The Morgan fingerprint density at radius 2 is 1.86 bits per heavy atom. The van der Waals surface area contributed by atoms with Crippen LogP contribution in [0, 0.1) is 11.8 Å². The van der Waals surface area contributed by atoms with E-state index in [1.54, 1.807) is 0 Å². The van der Waals surface area contributed by atoms with E-state index in [2.05, 4.69) is 10.9 Å². The molecular formula is C14H19N3O4S. The highest BCUT2D eigenvalue weighted by Crippen LogP contribution is 2.37. The van der Waals surface area contributed by atoms with Gasteiger partial charge in [-0.05, 0) is 30.5 Å². The Hall–Kier alpha value is -1.93. The zero-order chi connectivity index (χ0) is 16.5. The lowest BCUT2D eigenvalue weighted by atomic mass is 10.2. The van der Waals surface area contributed by atoms with Crippen molar-refractivity contribution in [3.05, 3.63) is 29.8 Å². The van der Waals surface area contributed by atoms with Gasteiger partial charge in [-0.2, -0.15) is 0 Å². The molecule has 1 aliphatic carbocycles. The minimum atomic E-state index is -3.61. The minimum absolute atomic E-state index is 0.0206. The number of nitrogens with one attached hydrogen (secondary N) is 2. The topological polar surface area (TPSA) is 95.6 Å². The number of nitrogens with zero attached hydrogens (tertiary/aromatic N) is 1. The lowest BCUT2D eigenvalue weighted by Crippen LogP contribution is -2.42. The molecule has 8 heteroatoms. The molecule has 0 bridgehead atoms. The van der Waals surface area contributed by atoms with E-state index in [0.717, 1.165) is 10.7 Å². The molecule has 1 aliphatic rings. The Labute approximate surface area is 129 Å². The molecule has 1 aromatic rings. The fourth-order valence-corrected chi connectivity index (χ4v) is 2.93. The summed E-state index contributed by atoms with van der Waals surface area (Å²) < 4.78 is 25.1. The van der Waals surface area contributed by atoms with Crippen molar-refractivity contribution in [2.24, 2.45) is 11.8 Å². The van der Waals surface area contributed by atoms with E-state index in [9.17, 15) is 18.0 Å². The summed E-state index contributed by atoms with van der Waals surface area (Å²) in [7, 11) is -0.777. The van der Waals surface area contributed by atoms with Gasteiger partial charge in [0.1, 0.15) is 0 Å². The Balaban J connectivity index is 2.06. The first-order valence-corrected chi connectivity index (χ1v) is 8.30. The van der Waals surface area contributed by atoms with E-state index >= 15 is 0 Å². The molecule has 1 saturated carbocycles. The third-order valence-corrected chi connectivity index (χ3v) is 5.43. The third kappa shape index (κ3) is 3.45. The van der Waals surface area contributed by atoms with Crippen molar-refractivity contribution < 1.29 is 18.0 Å². The predicted molar refractivity (Wildman–Crippen MR) is 80.2 cm³/mol. The number of sulfonamides is 1. The van der Waals surface area contributed by atoms with Gasteiger partial charge in [0.2, 0.25) is 15.9 Å². The zero-order valence-electron chi connectivity index (χ0n) is 12.7. The number of hydrogen-bond donors (Lipinski definition) is 2. The first kappa shape index (κ1) is 16.4. The summed E-state index contributed by atoms with van der Waals surface area (Å²) in [6.07, 6.45) is 0.818. The van der Waals surface area contributed by atoms with Crippen LogP contribution in [0.25, 0.3) is 0 Å². The molecule has 0 unspecified atom stereocenters. The van der Waals surface area contributed by atoms with E-state index < -0.39 is 15.9 Å². The molecule has 0 aliphatic heterocycles. The maximum Gasteiger partial charge on any atom is 0.269 e. The molecule has 120 valence electrons. The summed E-state index contributed by atoms with van der Waals surface area (Å²) in [5.41, 5.74) is 4.82. The molecule has 2 N–H and O–H groups in total. The maximum absolute atomic E-state index is 12.0. The average molecular weight is 325 g/mol. The standard InChI is InChI=1S/C14H19N3O4S/c1-9-7-12(9)14(19)16-15-13(18)10-5-4-6-11(8-10)22(20,21)17(2)3/h4-6,8-9,12H,7H2,1-3H3,(H,15,18)(H,16,19)/t9-,12-/m1/s1. The molecule has 1 aromatic carbocycles. The Bertz CT molecular complexity index is 700. The quantitative estimate of drug-likeness (QED) is 0.781. The van der Waals surface area contributed by atoms with Crippen LogP contribution in [0.5, 0.6) is 0 Å². The highest BCUT2D eigenvalue weighted by Gasteiger charge is 2.39. The van der Waals surface area contributed by atoms with Crippen LogP contribution in [0.1, 0.15) is 23.7 Å². The second-order valence-corrected chi connectivity index (χ2v) is 7.73. The molecule has 0 heterocycles. The van der Waals surface area contributed by atoms with Gasteiger partial charge in [-0.1, -0.05) is 13.0 Å². The van der Waals surface area contributed by atoms with Gasteiger partial charge in [0, 0.05) is 25.6 Å². The number of carbonyl (C=O) groups is 2.